The lowest BCUT2D eigenvalue weighted by Gasteiger charge is -2.17. The maximum atomic E-state index is 3.52. The zero-order valence-corrected chi connectivity index (χ0v) is 12.7. The van der Waals surface area contributed by atoms with Gasteiger partial charge in [0.05, 0.1) is 0 Å². The third kappa shape index (κ3) is 5.72. The van der Waals surface area contributed by atoms with Gasteiger partial charge >= 0.3 is 0 Å². The molecule has 0 saturated carbocycles. The van der Waals surface area contributed by atoms with Crippen LogP contribution < -0.4 is 5.32 Å². The number of hydrogen-bond acceptors (Lipinski definition) is 1. The van der Waals surface area contributed by atoms with Crippen molar-refractivity contribution in [2.45, 2.75) is 54.1 Å². The molecule has 0 aliphatic rings. The van der Waals surface area contributed by atoms with E-state index < -0.39 is 0 Å². The second kappa shape index (κ2) is 7.63. The molecule has 2 heteroatoms. The van der Waals surface area contributed by atoms with Crippen LogP contribution >= 0.6 is 0 Å². The molecule has 1 aromatic rings. The van der Waals surface area contributed by atoms with Crippen LogP contribution in [0, 0.1) is 17.8 Å². The van der Waals surface area contributed by atoms with Gasteiger partial charge in [0.2, 0.25) is 0 Å². The molecule has 1 heterocycles. The fraction of sp³-hybridized carbons (Fsp3) is 0.750. The Kier molecular flexibility index (Phi) is 6.48. The van der Waals surface area contributed by atoms with Crippen LogP contribution in [0.25, 0.3) is 0 Å². The van der Waals surface area contributed by atoms with E-state index in [4.69, 9.17) is 0 Å². The highest BCUT2D eigenvalue weighted by Gasteiger charge is 2.08. The molecule has 1 atom stereocenters. The molecule has 0 aliphatic heterocycles. The van der Waals surface area contributed by atoms with E-state index in [1.807, 2.05) is 0 Å². The van der Waals surface area contributed by atoms with Gasteiger partial charge in [-0.2, -0.15) is 0 Å². The Bertz CT molecular complexity index is 326. The van der Waals surface area contributed by atoms with E-state index in [1.54, 1.807) is 0 Å². The lowest BCUT2D eigenvalue weighted by molar-refractivity contribution is 0.383. The van der Waals surface area contributed by atoms with Crippen LogP contribution in [0.5, 0.6) is 0 Å². The first-order chi connectivity index (χ1) is 8.49. The molecule has 0 bridgehead atoms. The highest BCUT2D eigenvalue weighted by atomic mass is 15.0. The lowest BCUT2D eigenvalue weighted by Crippen LogP contribution is -2.21. The summed E-state index contributed by atoms with van der Waals surface area (Å²) in [5.41, 5.74) is 1.41. The van der Waals surface area contributed by atoms with Gasteiger partial charge in [0.1, 0.15) is 0 Å². The summed E-state index contributed by atoms with van der Waals surface area (Å²) in [6, 6.07) is 4.39. The van der Waals surface area contributed by atoms with E-state index in [1.165, 1.54) is 12.1 Å². The number of rotatable bonds is 8. The molecule has 1 rings (SSSR count). The van der Waals surface area contributed by atoms with Gasteiger partial charge in [-0.05, 0) is 42.9 Å². The largest absolute Gasteiger partial charge is 0.350 e. The summed E-state index contributed by atoms with van der Waals surface area (Å²) >= 11 is 0. The van der Waals surface area contributed by atoms with Gasteiger partial charge in [0.25, 0.3) is 0 Å². The summed E-state index contributed by atoms with van der Waals surface area (Å²) < 4.78 is 2.40. The lowest BCUT2D eigenvalue weighted by atomic mass is 9.99. The van der Waals surface area contributed by atoms with E-state index >= 15 is 0 Å². The second-order valence-electron chi connectivity index (χ2n) is 6.41. The van der Waals surface area contributed by atoms with Crippen molar-refractivity contribution in [2.24, 2.45) is 17.8 Å². The third-order valence-corrected chi connectivity index (χ3v) is 3.16. The molecule has 1 unspecified atom stereocenters. The number of nitrogens with zero attached hydrogens (tertiary/aromatic N) is 1. The van der Waals surface area contributed by atoms with Gasteiger partial charge in [-0.25, -0.2) is 0 Å². The van der Waals surface area contributed by atoms with Crippen LogP contribution in [0.15, 0.2) is 18.3 Å². The minimum atomic E-state index is 0.716. The first-order valence-corrected chi connectivity index (χ1v) is 7.33. The summed E-state index contributed by atoms with van der Waals surface area (Å²) in [6.45, 7) is 14.7. The molecule has 0 aromatic carbocycles. The van der Waals surface area contributed by atoms with Crippen LogP contribution in [0.4, 0.5) is 0 Å². The smallest absolute Gasteiger partial charge is 0.0359 e. The average molecular weight is 250 g/mol. The molecule has 18 heavy (non-hydrogen) atoms. The Hall–Kier alpha value is -0.760. The van der Waals surface area contributed by atoms with Gasteiger partial charge in [0.15, 0.2) is 0 Å². The first-order valence-electron chi connectivity index (χ1n) is 7.33. The standard InChI is InChI=1S/C16H30N2/c1-13(2)9-15(5)12-18-8-6-7-16(18)11-17-10-14(3)4/h6-8,13-15,17H,9-12H2,1-5H3. The van der Waals surface area contributed by atoms with Gasteiger partial charge in [0, 0.05) is 25.0 Å². The summed E-state index contributed by atoms with van der Waals surface area (Å²) in [6.07, 6.45) is 3.51. The molecule has 0 spiro atoms. The normalized spacial score (nSPS) is 13.5. The van der Waals surface area contributed by atoms with E-state index in [-0.39, 0.29) is 0 Å². The summed E-state index contributed by atoms with van der Waals surface area (Å²) in [4.78, 5) is 0. The molecule has 2 nitrogen and oxygen atoms in total. The maximum Gasteiger partial charge on any atom is 0.0359 e. The van der Waals surface area contributed by atoms with Crippen molar-refractivity contribution in [1.29, 1.82) is 0 Å². The fourth-order valence-electron chi connectivity index (χ4n) is 2.49. The Morgan fingerprint density at radius 2 is 1.83 bits per heavy atom. The van der Waals surface area contributed by atoms with Gasteiger partial charge in [-0.15, -0.1) is 0 Å². The van der Waals surface area contributed by atoms with Crippen LogP contribution in [-0.2, 0) is 13.1 Å². The van der Waals surface area contributed by atoms with Crippen LogP contribution in [0.1, 0.15) is 46.7 Å². The second-order valence-corrected chi connectivity index (χ2v) is 6.41. The number of nitrogens with one attached hydrogen (secondary N) is 1. The molecular weight excluding hydrogens is 220 g/mol. The molecule has 0 amide bonds. The van der Waals surface area contributed by atoms with E-state index in [2.05, 4.69) is 62.8 Å². The van der Waals surface area contributed by atoms with Crippen molar-refractivity contribution < 1.29 is 0 Å². The summed E-state index contributed by atoms with van der Waals surface area (Å²) in [5.74, 6) is 2.26. The molecular formula is C16H30N2. The van der Waals surface area contributed by atoms with E-state index in [0.29, 0.717) is 5.92 Å². The monoisotopic (exact) mass is 250 g/mol. The minimum absolute atomic E-state index is 0.716. The van der Waals surface area contributed by atoms with Crippen molar-refractivity contribution in [1.82, 2.24) is 9.88 Å². The fourth-order valence-corrected chi connectivity index (χ4v) is 2.49. The highest BCUT2D eigenvalue weighted by Crippen LogP contribution is 2.15. The van der Waals surface area contributed by atoms with Gasteiger partial charge < -0.3 is 9.88 Å². The van der Waals surface area contributed by atoms with Crippen LogP contribution in [-0.4, -0.2) is 11.1 Å². The molecule has 0 radical (unpaired) electrons. The summed E-state index contributed by atoms with van der Waals surface area (Å²) in [5, 5.41) is 3.52. The third-order valence-electron chi connectivity index (χ3n) is 3.16. The molecule has 104 valence electrons. The summed E-state index contributed by atoms with van der Waals surface area (Å²) in [7, 11) is 0. The Morgan fingerprint density at radius 3 is 2.44 bits per heavy atom. The van der Waals surface area contributed by atoms with E-state index in [9.17, 15) is 0 Å². The molecule has 0 aliphatic carbocycles. The maximum absolute atomic E-state index is 3.52. The SMILES string of the molecule is CC(C)CNCc1cccn1CC(C)CC(C)C. The van der Waals surface area contributed by atoms with E-state index in [0.717, 1.165) is 31.5 Å². The number of aromatic nitrogens is 1. The molecule has 1 N–H and O–H groups in total. The Morgan fingerprint density at radius 1 is 1.11 bits per heavy atom. The Balaban J connectivity index is 2.44. The zero-order chi connectivity index (χ0) is 13.5. The van der Waals surface area contributed by atoms with Crippen LogP contribution in [0.2, 0.25) is 0 Å². The average Bonchev–Trinajstić information content (AvgIpc) is 2.63. The zero-order valence-electron chi connectivity index (χ0n) is 12.7. The predicted molar refractivity (Wildman–Crippen MR) is 79.6 cm³/mol. The number of hydrogen-bond donors (Lipinski definition) is 1. The first kappa shape index (κ1) is 15.3. The minimum Gasteiger partial charge on any atom is -0.350 e. The van der Waals surface area contributed by atoms with Crippen molar-refractivity contribution in [3.63, 3.8) is 0 Å². The Labute approximate surface area is 113 Å². The van der Waals surface area contributed by atoms with Crippen molar-refractivity contribution in [2.75, 3.05) is 6.54 Å². The van der Waals surface area contributed by atoms with Crippen molar-refractivity contribution in [3.05, 3.63) is 24.0 Å². The van der Waals surface area contributed by atoms with Crippen LogP contribution in [0.3, 0.4) is 0 Å². The van der Waals surface area contributed by atoms with Crippen molar-refractivity contribution >= 4 is 0 Å². The molecule has 0 saturated heterocycles. The molecule has 1 aromatic heterocycles. The predicted octanol–water partition coefficient (Wildman–Crippen LogP) is 3.92. The molecule has 0 fully saturated rings. The van der Waals surface area contributed by atoms with Gasteiger partial charge in [-0.1, -0.05) is 34.6 Å². The van der Waals surface area contributed by atoms with Gasteiger partial charge in [-0.3, -0.25) is 0 Å². The quantitative estimate of drug-likeness (QED) is 0.740. The van der Waals surface area contributed by atoms with Crippen molar-refractivity contribution in [3.8, 4) is 0 Å². The topological polar surface area (TPSA) is 17.0 Å². The highest BCUT2D eigenvalue weighted by molar-refractivity contribution is 5.07.